The van der Waals surface area contributed by atoms with E-state index >= 15 is 0 Å². The maximum absolute atomic E-state index is 11.5. The Morgan fingerprint density at radius 1 is 1.33 bits per heavy atom. The lowest BCUT2D eigenvalue weighted by molar-refractivity contribution is 0.106. The number of aromatic nitrogens is 1. The van der Waals surface area contributed by atoms with Crippen molar-refractivity contribution in [2.24, 2.45) is 5.16 Å². The van der Waals surface area contributed by atoms with Crippen molar-refractivity contribution in [2.45, 2.75) is 0 Å². The number of benzene rings is 1. The summed E-state index contributed by atoms with van der Waals surface area (Å²) in [6.45, 7) is 0. The molecule has 15 heavy (non-hydrogen) atoms. The fourth-order valence-electron chi connectivity index (χ4n) is 1.43. The topological polar surface area (TPSA) is 62.5 Å². The Hall–Kier alpha value is -2.23. The van der Waals surface area contributed by atoms with E-state index in [2.05, 4.69) is 10.1 Å². The molecule has 74 valence electrons. The highest BCUT2D eigenvalue weighted by molar-refractivity contribution is 6.37. The number of Topliss-reactive ketones (excluding diaryl/α,β-unsaturated/α-hetero) is 1. The second-order valence-corrected chi connectivity index (χ2v) is 2.99. The molecule has 0 fully saturated rings. The zero-order valence-corrected chi connectivity index (χ0v) is 7.79. The number of ketones is 1. The van der Waals surface area contributed by atoms with Crippen LogP contribution in [0.4, 0.5) is 0 Å². The second kappa shape index (κ2) is 3.88. The van der Waals surface area contributed by atoms with Gasteiger partial charge in [-0.05, 0) is 11.5 Å². The third-order valence-corrected chi connectivity index (χ3v) is 2.08. The molecule has 0 spiro atoms. The van der Waals surface area contributed by atoms with Gasteiger partial charge in [-0.1, -0.05) is 29.4 Å². The lowest BCUT2D eigenvalue weighted by atomic mass is 10.1. The minimum atomic E-state index is -0.408. The molecule has 4 nitrogen and oxygen atoms in total. The number of fused-ring (bicyclic) bond motifs is 1. The van der Waals surface area contributed by atoms with Gasteiger partial charge in [-0.3, -0.25) is 9.78 Å². The Morgan fingerprint density at radius 3 is 2.93 bits per heavy atom. The Kier molecular flexibility index (Phi) is 2.41. The molecule has 4 heteroatoms. The maximum Gasteiger partial charge on any atom is 0.226 e. The fraction of sp³-hybridized carbons (Fsp3) is 0. The molecular formula is C11H8N2O2. The molecule has 2 rings (SSSR count). The van der Waals surface area contributed by atoms with Gasteiger partial charge in [0.1, 0.15) is 11.9 Å². The van der Waals surface area contributed by atoms with Gasteiger partial charge in [0, 0.05) is 11.6 Å². The summed E-state index contributed by atoms with van der Waals surface area (Å²) in [5.41, 5.74) is 0.297. The molecule has 1 aromatic carbocycles. The average molecular weight is 200 g/mol. The van der Waals surface area contributed by atoms with Crippen LogP contribution in [0.5, 0.6) is 0 Å². The molecule has 0 aliphatic carbocycles. The number of nitrogens with zero attached hydrogens (tertiary/aromatic N) is 2. The number of pyridine rings is 1. The Labute approximate surface area is 85.9 Å². The normalized spacial score (nSPS) is 10.9. The van der Waals surface area contributed by atoms with Gasteiger partial charge in [0.05, 0.1) is 0 Å². The zero-order valence-electron chi connectivity index (χ0n) is 7.79. The molecule has 2 aromatic rings. The number of oxime groups is 1. The number of carbonyl (C=O) groups excluding carboxylic acids is 1. The highest BCUT2D eigenvalue weighted by Crippen LogP contribution is 2.15. The summed E-state index contributed by atoms with van der Waals surface area (Å²) in [5, 5.41) is 12.7. The highest BCUT2D eigenvalue weighted by atomic mass is 16.4. The largest absolute Gasteiger partial charge is 0.411 e. The molecule has 0 saturated carbocycles. The predicted octanol–water partition coefficient (Wildman–Crippen LogP) is 1.88. The highest BCUT2D eigenvalue weighted by Gasteiger charge is 2.08. The van der Waals surface area contributed by atoms with E-state index < -0.39 is 5.78 Å². The van der Waals surface area contributed by atoms with E-state index in [-0.39, 0.29) is 0 Å². The van der Waals surface area contributed by atoms with Crippen LogP contribution >= 0.6 is 0 Å². The van der Waals surface area contributed by atoms with E-state index in [0.29, 0.717) is 5.69 Å². The minimum absolute atomic E-state index is 0.297. The molecule has 0 unspecified atom stereocenters. The van der Waals surface area contributed by atoms with Crippen molar-refractivity contribution >= 4 is 22.8 Å². The molecule has 1 aromatic heterocycles. The third kappa shape index (κ3) is 1.69. The molecule has 0 atom stereocenters. The lowest BCUT2D eigenvalue weighted by Crippen LogP contribution is -2.03. The Morgan fingerprint density at radius 2 is 2.13 bits per heavy atom. The van der Waals surface area contributed by atoms with Crippen molar-refractivity contribution in [3.05, 3.63) is 42.2 Å². The zero-order chi connectivity index (χ0) is 10.7. The molecular weight excluding hydrogens is 192 g/mol. The van der Waals surface area contributed by atoms with Gasteiger partial charge in [0.15, 0.2) is 0 Å². The molecule has 1 heterocycles. The van der Waals surface area contributed by atoms with Crippen molar-refractivity contribution in [2.75, 3.05) is 0 Å². The van der Waals surface area contributed by atoms with E-state index in [9.17, 15) is 4.79 Å². The average Bonchev–Trinajstić information content (AvgIpc) is 2.28. The third-order valence-electron chi connectivity index (χ3n) is 2.08. The summed E-state index contributed by atoms with van der Waals surface area (Å²) in [5.74, 6) is -0.408. The number of hydrogen-bond donors (Lipinski definition) is 1. The Balaban J connectivity index is 2.65. The first kappa shape index (κ1) is 9.33. The number of carbonyl (C=O) groups is 1. The molecule has 0 saturated heterocycles. The van der Waals surface area contributed by atoms with E-state index in [1.54, 1.807) is 12.3 Å². The summed E-state index contributed by atoms with van der Waals surface area (Å²) in [7, 11) is 0. The van der Waals surface area contributed by atoms with Crippen LogP contribution in [0, 0.1) is 0 Å². The summed E-state index contributed by atoms with van der Waals surface area (Å²) >= 11 is 0. The first-order valence-electron chi connectivity index (χ1n) is 4.38. The first-order chi connectivity index (χ1) is 7.33. The van der Waals surface area contributed by atoms with E-state index in [1.807, 2.05) is 24.3 Å². The van der Waals surface area contributed by atoms with Crippen LogP contribution in [0.2, 0.25) is 0 Å². The monoisotopic (exact) mass is 200 g/mol. The smallest absolute Gasteiger partial charge is 0.226 e. The molecule has 0 aliphatic rings. The van der Waals surface area contributed by atoms with Gasteiger partial charge in [-0.15, -0.1) is 0 Å². The van der Waals surface area contributed by atoms with Crippen molar-refractivity contribution in [1.82, 2.24) is 4.98 Å². The van der Waals surface area contributed by atoms with Crippen LogP contribution in [0.3, 0.4) is 0 Å². The quantitative estimate of drug-likeness (QED) is 0.348. The van der Waals surface area contributed by atoms with Crippen molar-refractivity contribution < 1.29 is 10.0 Å². The second-order valence-electron chi connectivity index (χ2n) is 2.99. The van der Waals surface area contributed by atoms with E-state index in [0.717, 1.165) is 17.0 Å². The SMILES string of the molecule is O=C(C=NO)c1nccc2ccccc12. The van der Waals surface area contributed by atoms with Gasteiger partial charge in [-0.2, -0.15) is 0 Å². The van der Waals surface area contributed by atoms with Gasteiger partial charge in [-0.25, -0.2) is 0 Å². The molecule has 0 aliphatic heterocycles. The summed E-state index contributed by atoms with van der Waals surface area (Å²) in [6.07, 6.45) is 2.40. The summed E-state index contributed by atoms with van der Waals surface area (Å²) in [4.78, 5) is 15.5. The van der Waals surface area contributed by atoms with Gasteiger partial charge in [0.2, 0.25) is 5.78 Å². The summed E-state index contributed by atoms with van der Waals surface area (Å²) < 4.78 is 0. The maximum atomic E-state index is 11.5. The predicted molar refractivity (Wildman–Crippen MR) is 56.4 cm³/mol. The van der Waals surface area contributed by atoms with Crippen molar-refractivity contribution in [1.29, 1.82) is 0 Å². The minimum Gasteiger partial charge on any atom is -0.411 e. The Bertz CT molecular complexity index is 530. The summed E-state index contributed by atoms with van der Waals surface area (Å²) in [6, 6.07) is 9.24. The van der Waals surface area contributed by atoms with Crippen LogP contribution in [0.15, 0.2) is 41.7 Å². The number of rotatable bonds is 2. The first-order valence-corrected chi connectivity index (χ1v) is 4.38. The fourth-order valence-corrected chi connectivity index (χ4v) is 1.43. The van der Waals surface area contributed by atoms with Crippen LogP contribution in [-0.2, 0) is 0 Å². The van der Waals surface area contributed by atoms with E-state index in [1.165, 1.54) is 0 Å². The van der Waals surface area contributed by atoms with E-state index in [4.69, 9.17) is 5.21 Å². The number of hydrogen-bond acceptors (Lipinski definition) is 4. The molecule has 0 radical (unpaired) electrons. The standard InChI is InChI=1S/C11H8N2O2/c14-10(7-13-15)11-9-4-2-1-3-8(9)5-6-12-11/h1-7,15H. The van der Waals surface area contributed by atoms with Crippen LogP contribution in [0.25, 0.3) is 10.8 Å². The van der Waals surface area contributed by atoms with Crippen LogP contribution in [-0.4, -0.2) is 22.2 Å². The molecule has 0 amide bonds. The van der Waals surface area contributed by atoms with Gasteiger partial charge >= 0.3 is 0 Å². The van der Waals surface area contributed by atoms with Gasteiger partial charge in [0.25, 0.3) is 0 Å². The van der Waals surface area contributed by atoms with Gasteiger partial charge < -0.3 is 5.21 Å². The van der Waals surface area contributed by atoms with Crippen LogP contribution < -0.4 is 0 Å². The molecule has 1 N–H and O–H groups in total. The van der Waals surface area contributed by atoms with Crippen LogP contribution in [0.1, 0.15) is 10.5 Å². The van der Waals surface area contributed by atoms with Crippen molar-refractivity contribution in [3.8, 4) is 0 Å². The van der Waals surface area contributed by atoms with Crippen molar-refractivity contribution in [3.63, 3.8) is 0 Å². The molecule has 0 bridgehead atoms. The lowest BCUT2D eigenvalue weighted by Gasteiger charge is -2.00.